The van der Waals surface area contributed by atoms with Crippen LogP contribution < -0.4 is 4.90 Å². The van der Waals surface area contributed by atoms with Crippen molar-refractivity contribution in [1.29, 1.82) is 0 Å². The van der Waals surface area contributed by atoms with E-state index in [0.717, 1.165) is 31.5 Å². The molecule has 1 fully saturated rings. The molecule has 2 rings (SSSR count). The van der Waals surface area contributed by atoms with Crippen LogP contribution in [0.15, 0.2) is 24.3 Å². The third-order valence-corrected chi connectivity index (χ3v) is 4.15. The Labute approximate surface area is 117 Å². The van der Waals surface area contributed by atoms with E-state index in [2.05, 4.69) is 60.3 Å². The van der Waals surface area contributed by atoms with Crippen molar-refractivity contribution in [2.75, 3.05) is 18.0 Å². The van der Waals surface area contributed by atoms with Crippen LogP contribution in [-0.2, 0) is 0 Å². The lowest BCUT2D eigenvalue weighted by Crippen LogP contribution is -2.35. The second-order valence-electron chi connectivity index (χ2n) is 6.27. The highest BCUT2D eigenvalue weighted by Crippen LogP contribution is 2.20. The Bertz CT molecular complexity index is 470. The standard InChI is InChI=1S/C16H23NOSi/c1-19(2,3)13-10-14-4-6-15(7-5-14)17-11-8-16(18)9-12-17/h4-7,16,18H,8-9,11-12H2,1-3H3. The van der Waals surface area contributed by atoms with Gasteiger partial charge in [0.25, 0.3) is 0 Å². The molecule has 0 unspecified atom stereocenters. The van der Waals surface area contributed by atoms with Gasteiger partial charge >= 0.3 is 0 Å². The second kappa shape index (κ2) is 5.81. The first kappa shape index (κ1) is 14.2. The molecule has 1 N–H and O–H groups in total. The van der Waals surface area contributed by atoms with Gasteiger partial charge in [-0.15, -0.1) is 5.54 Å². The van der Waals surface area contributed by atoms with Crippen LogP contribution in [0.3, 0.4) is 0 Å². The number of benzene rings is 1. The van der Waals surface area contributed by atoms with E-state index >= 15 is 0 Å². The number of rotatable bonds is 1. The van der Waals surface area contributed by atoms with Crippen LogP contribution in [0.25, 0.3) is 0 Å². The predicted molar refractivity (Wildman–Crippen MR) is 84.1 cm³/mol. The van der Waals surface area contributed by atoms with E-state index in [4.69, 9.17) is 0 Å². The zero-order valence-corrected chi connectivity index (χ0v) is 13.1. The number of hydrogen-bond acceptors (Lipinski definition) is 2. The molecule has 3 heteroatoms. The third-order valence-electron chi connectivity index (χ3n) is 3.28. The van der Waals surface area contributed by atoms with Crippen LogP contribution in [-0.4, -0.2) is 32.4 Å². The highest BCUT2D eigenvalue weighted by molar-refractivity contribution is 6.83. The van der Waals surface area contributed by atoms with E-state index in [-0.39, 0.29) is 6.10 Å². The lowest BCUT2D eigenvalue weighted by atomic mass is 10.1. The normalized spacial score (nSPS) is 16.9. The Hall–Kier alpha value is -1.24. The van der Waals surface area contributed by atoms with Crippen LogP contribution in [0.5, 0.6) is 0 Å². The van der Waals surface area contributed by atoms with Crippen LogP contribution in [0.2, 0.25) is 19.6 Å². The summed E-state index contributed by atoms with van der Waals surface area (Å²) in [4.78, 5) is 2.34. The summed E-state index contributed by atoms with van der Waals surface area (Å²) in [5.74, 6) is 3.28. The molecule has 19 heavy (non-hydrogen) atoms. The fourth-order valence-electron chi connectivity index (χ4n) is 2.14. The smallest absolute Gasteiger partial charge is 0.129 e. The summed E-state index contributed by atoms with van der Waals surface area (Å²) in [5, 5.41) is 9.52. The topological polar surface area (TPSA) is 23.5 Å². The maximum atomic E-state index is 9.52. The average Bonchev–Trinajstić information content (AvgIpc) is 2.37. The van der Waals surface area contributed by atoms with Crippen LogP contribution in [0.1, 0.15) is 18.4 Å². The monoisotopic (exact) mass is 273 g/mol. The Morgan fingerprint density at radius 3 is 2.21 bits per heavy atom. The molecule has 1 aliphatic heterocycles. The van der Waals surface area contributed by atoms with Gasteiger partial charge in [-0.05, 0) is 37.1 Å². The quantitative estimate of drug-likeness (QED) is 0.628. The summed E-state index contributed by atoms with van der Waals surface area (Å²) in [6, 6.07) is 8.50. The number of hydrogen-bond donors (Lipinski definition) is 1. The van der Waals surface area contributed by atoms with E-state index in [1.165, 1.54) is 5.69 Å². The largest absolute Gasteiger partial charge is 0.393 e. The minimum Gasteiger partial charge on any atom is -0.393 e. The van der Waals surface area contributed by atoms with Crippen molar-refractivity contribution in [1.82, 2.24) is 0 Å². The van der Waals surface area contributed by atoms with Crippen LogP contribution in [0, 0.1) is 11.5 Å². The summed E-state index contributed by atoms with van der Waals surface area (Å²) in [6.07, 6.45) is 1.63. The zero-order chi connectivity index (χ0) is 13.9. The molecule has 2 nitrogen and oxygen atoms in total. The maximum Gasteiger partial charge on any atom is 0.129 e. The maximum absolute atomic E-state index is 9.52. The lowest BCUT2D eigenvalue weighted by Gasteiger charge is -2.31. The molecule has 1 aromatic rings. The minimum atomic E-state index is -1.29. The van der Waals surface area contributed by atoms with E-state index in [1.807, 2.05) is 0 Å². The lowest BCUT2D eigenvalue weighted by molar-refractivity contribution is 0.145. The summed E-state index contributed by atoms with van der Waals surface area (Å²) in [7, 11) is -1.29. The molecular weight excluding hydrogens is 250 g/mol. The van der Waals surface area contributed by atoms with Gasteiger partial charge in [0.15, 0.2) is 0 Å². The SMILES string of the molecule is C[Si](C)(C)C#Cc1ccc(N2CCC(O)CC2)cc1. The number of aliphatic hydroxyl groups excluding tert-OH is 1. The van der Waals surface area contributed by atoms with Crippen molar-refractivity contribution in [3.63, 3.8) is 0 Å². The van der Waals surface area contributed by atoms with Crippen molar-refractivity contribution >= 4 is 13.8 Å². The van der Waals surface area contributed by atoms with Gasteiger partial charge in [0.2, 0.25) is 0 Å². The first-order valence-corrected chi connectivity index (χ1v) is 10.5. The van der Waals surface area contributed by atoms with Gasteiger partial charge in [-0.2, -0.15) is 0 Å². The highest BCUT2D eigenvalue weighted by Gasteiger charge is 2.16. The molecule has 0 bridgehead atoms. The number of piperidine rings is 1. The average molecular weight is 273 g/mol. The molecule has 0 aromatic heterocycles. The number of anilines is 1. The van der Waals surface area contributed by atoms with Gasteiger partial charge in [-0.25, -0.2) is 0 Å². The molecule has 1 saturated heterocycles. The molecule has 1 aliphatic rings. The highest BCUT2D eigenvalue weighted by atomic mass is 28.3. The van der Waals surface area contributed by atoms with Crippen LogP contribution >= 0.6 is 0 Å². The summed E-state index contributed by atoms with van der Waals surface area (Å²) < 4.78 is 0. The predicted octanol–water partition coefficient (Wildman–Crippen LogP) is 2.88. The van der Waals surface area contributed by atoms with Gasteiger partial charge in [0.1, 0.15) is 8.07 Å². The first-order valence-electron chi connectivity index (χ1n) is 7.00. The summed E-state index contributed by atoms with van der Waals surface area (Å²) in [5.41, 5.74) is 5.73. The van der Waals surface area contributed by atoms with Crippen LogP contribution in [0.4, 0.5) is 5.69 Å². The Morgan fingerprint density at radius 2 is 1.68 bits per heavy atom. The molecule has 0 radical (unpaired) electrons. The van der Waals surface area contributed by atoms with Crippen molar-refractivity contribution in [2.24, 2.45) is 0 Å². The molecule has 0 saturated carbocycles. The fraction of sp³-hybridized carbons (Fsp3) is 0.500. The molecule has 0 atom stereocenters. The van der Waals surface area contributed by atoms with E-state index in [0.29, 0.717) is 0 Å². The van der Waals surface area contributed by atoms with Crippen molar-refractivity contribution in [3.8, 4) is 11.5 Å². The minimum absolute atomic E-state index is 0.113. The van der Waals surface area contributed by atoms with Crippen molar-refractivity contribution < 1.29 is 5.11 Å². The summed E-state index contributed by atoms with van der Waals surface area (Å²) >= 11 is 0. The van der Waals surface area contributed by atoms with Gasteiger partial charge in [-0.1, -0.05) is 25.6 Å². The molecule has 0 amide bonds. The molecule has 0 spiro atoms. The Kier molecular flexibility index (Phi) is 4.33. The Morgan fingerprint density at radius 1 is 1.11 bits per heavy atom. The second-order valence-corrected chi connectivity index (χ2v) is 11.0. The number of nitrogens with zero attached hydrogens (tertiary/aromatic N) is 1. The van der Waals surface area contributed by atoms with Gasteiger partial charge < -0.3 is 10.0 Å². The molecule has 0 aliphatic carbocycles. The molecular formula is C16H23NOSi. The van der Waals surface area contributed by atoms with Gasteiger partial charge in [0.05, 0.1) is 6.10 Å². The zero-order valence-electron chi connectivity index (χ0n) is 12.1. The van der Waals surface area contributed by atoms with Gasteiger partial charge in [0, 0.05) is 24.3 Å². The van der Waals surface area contributed by atoms with E-state index < -0.39 is 8.07 Å². The van der Waals surface area contributed by atoms with Gasteiger partial charge in [-0.3, -0.25) is 0 Å². The van der Waals surface area contributed by atoms with Crippen molar-refractivity contribution in [2.45, 2.75) is 38.6 Å². The number of aliphatic hydroxyl groups is 1. The molecule has 1 heterocycles. The first-order chi connectivity index (χ1) is 8.94. The van der Waals surface area contributed by atoms with Crippen molar-refractivity contribution in [3.05, 3.63) is 29.8 Å². The molecule has 102 valence electrons. The third kappa shape index (κ3) is 4.41. The van der Waals surface area contributed by atoms with E-state index in [9.17, 15) is 5.11 Å². The van der Waals surface area contributed by atoms with E-state index in [1.54, 1.807) is 0 Å². The Balaban J connectivity index is 2.04. The summed E-state index contributed by atoms with van der Waals surface area (Å²) in [6.45, 7) is 8.66. The fourth-order valence-corrected chi connectivity index (χ4v) is 2.66. The molecule has 1 aromatic carbocycles.